The molecule has 8 heteroatoms. The Balaban J connectivity index is 2.31. The van der Waals surface area contributed by atoms with Gasteiger partial charge in [-0.05, 0) is 38.3 Å². The molecule has 0 heterocycles. The van der Waals surface area contributed by atoms with Gasteiger partial charge in [0.25, 0.3) is 0 Å². The van der Waals surface area contributed by atoms with E-state index in [0.717, 1.165) is 11.1 Å². The third-order valence-electron chi connectivity index (χ3n) is 4.43. The molecule has 0 saturated heterocycles. The van der Waals surface area contributed by atoms with Crippen LogP contribution in [0.3, 0.4) is 0 Å². The van der Waals surface area contributed by atoms with Crippen LogP contribution in [0.5, 0.6) is 0 Å². The SMILES string of the molecule is CC(C)(C)OC(=O)N[C@H](CC(=O)O)C(=N[C@H](CO)Cc1ccccc1)OCc1ccccc1. The number of carboxylic acids is 1. The normalized spacial score (nSPS) is 13.6. The van der Waals surface area contributed by atoms with Gasteiger partial charge in [0.2, 0.25) is 5.90 Å². The van der Waals surface area contributed by atoms with E-state index in [0.29, 0.717) is 6.42 Å². The van der Waals surface area contributed by atoms with E-state index in [4.69, 9.17) is 9.47 Å². The van der Waals surface area contributed by atoms with Gasteiger partial charge in [-0.15, -0.1) is 0 Å². The van der Waals surface area contributed by atoms with Gasteiger partial charge in [0.1, 0.15) is 18.2 Å². The molecular formula is C25H32N2O6. The highest BCUT2D eigenvalue weighted by Gasteiger charge is 2.27. The highest BCUT2D eigenvalue weighted by atomic mass is 16.6. The lowest BCUT2D eigenvalue weighted by atomic mass is 10.1. The third-order valence-corrected chi connectivity index (χ3v) is 4.43. The average molecular weight is 457 g/mol. The van der Waals surface area contributed by atoms with Gasteiger partial charge in [-0.25, -0.2) is 9.79 Å². The zero-order chi connectivity index (χ0) is 24.3. The molecule has 0 aromatic heterocycles. The van der Waals surface area contributed by atoms with Gasteiger partial charge >= 0.3 is 12.1 Å². The van der Waals surface area contributed by atoms with Crippen molar-refractivity contribution in [3.63, 3.8) is 0 Å². The molecule has 0 aliphatic carbocycles. The Kier molecular flexibility index (Phi) is 9.87. The smallest absolute Gasteiger partial charge is 0.408 e. The number of aliphatic hydroxyl groups excluding tert-OH is 1. The molecule has 1 amide bonds. The van der Waals surface area contributed by atoms with Crippen molar-refractivity contribution in [1.82, 2.24) is 5.32 Å². The Morgan fingerprint density at radius 3 is 2.09 bits per heavy atom. The van der Waals surface area contributed by atoms with E-state index < -0.39 is 36.2 Å². The maximum atomic E-state index is 12.4. The second-order valence-corrected chi connectivity index (χ2v) is 8.56. The zero-order valence-electron chi connectivity index (χ0n) is 19.2. The largest absolute Gasteiger partial charge is 0.481 e. The number of carboxylic acid groups (broad SMARTS) is 1. The molecule has 2 atom stereocenters. The lowest BCUT2D eigenvalue weighted by Crippen LogP contribution is -2.46. The molecule has 0 aliphatic rings. The first-order valence-electron chi connectivity index (χ1n) is 10.8. The summed E-state index contributed by atoms with van der Waals surface area (Å²) in [5.41, 5.74) is 1.04. The first-order valence-corrected chi connectivity index (χ1v) is 10.8. The maximum absolute atomic E-state index is 12.4. The minimum absolute atomic E-state index is 0.0158. The molecule has 33 heavy (non-hydrogen) atoms. The summed E-state index contributed by atoms with van der Waals surface area (Å²) < 4.78 is 11.2. The zero-order valence-corrected chi connectivity index (χ0v) is 19.2. The number of aliphatic carboxylic acids is 1. The monoisotopic (exact) mass is 456 g/mol. The molecule has 0 fully saturated rings. The summed E-state index contributed by atoms with van der Waals surface area (Å²) in [6.45, 7) is 4.97. The van der Waals surface area contributed by atoms with Gasteiger partial charge in [-0.1, -0.05) is 60.7 Å². The van der Waals surface area contributed by atoms with Crippen LogP contribution in [0, 0.1) is 0 Å². The van der Waals surface area contributed by atoms with Gasteiger partial charge < -0.3 is 25.0 Å². The Bertz CT molecular complexity index is 909. The second-order valence-electron chi connectivity index (χ2n) is 8.56. The van der Waals surface area contributed by atoms with Crippen LogP contribution in [0.4, 0.5) is 4.79 Å². The summed E-state index contributed by atoms with van der Waals surface area (Å²) in [5, 5.41) is 21.9. The van der Waals surface area contributed by atoms with Crippen LogP contribution in [-0.4, -0.2) is 52.5 Å². The summed E-state index contributed by atoms with van der Waals surface area (Å²) in [6.07, 6.45) is -0.827. The quantitative estimate of drug-likeness (QED) is 0.372. The lowest BCUT2D eigenvalue weighted by Gasteiger charge is -2.25. The van der Waals surface area contributed by atoms with Crippen LogP contribution in [0.1, 0.15) is 38.3 Å². The molecule has 2 rings (SSSR count). The Morgan fingerprint density at radius 1 is 1.00 bits per heavy atom. The van der Waals surface area contributed by atoms with Gasteiger partial charge in [-0.2, -0.15) is 0 Å². The van der Waals surface area contributed by atoms with Crippen molar-refractivity contribution in [3.05, 3.63) is 71.8 Å². The molecule has 3 N–H and O–H groups in total. The van der Waals surface area contributed by atoms with Crippen LogP contribution < -0.4 is 5.32 Å². The number of alkyl carbamates (subject to hydrolysis) is 1. The number of hydrogen-bond donors (Lipinski definition) is 3. The van der Waals surface area contributed by atoms with Gasteiger partial charge in [0, 0.05) is 0 Å². The first-order chi connectivity index (χ1) is 15.7. The number of rotatable bonds is 10. The molecule has 0 aliphatic heterocycles. The van der Waals surface area contributed by atoms with E-state index >= 15 is 0 Å². The lowest BCUT2D eigenvalue weighted by molar-refractivity contribution is -0.137. The van der Waals surface area contributed by atoms with Crippen LogP contribution >= 0.6 is 0 Å². The third kappa shape index (κ3) is 10.2. The van der Waals surface area contributed by atoms with Crippen LogP contribution in [0.25, 0.3) is 0 Å². The Hall–Kier alpha value is -3.39. The number of carbonyl (C=O) groups excluding carboxylic acids is 1. The van der Waals surface area contributed by atoms with Gasteiger partial charge in [-0.3, -0.25) is 4.79 Å². The minimum atomic E-state index is -1.14. The molecule has 0 saturated carbocycles. The van der Waals surface area contributed by atoms with E-state index in [2.05, 4.69) is 10.3 Å². The van der Waals surface area contributed by atoms with Crippen molar-refractivity contribution in [3.8, 4) is 0 Å². The van der Waals surface area contributed by atoms with Crippen molar-refractivity contribution in [2.45, 2.75) is 57.9 Å². The highest BCUT2D eigenvalue weighted by Crippen LogP contribution is 2.12. The van der Waals surface area contributed by atoms with Crippen molar-refractivity contribution < 1.29 is 29.3 Å². The standard InChI is InChI=1S/C25H32N2O6/c1-25(2,3)33-24(31)27-21(15-22(29)30)23(32-17-19-12-8-5-9-13-19)26-20(16-28)14-18-10-6-4-7-11-18/h4-13,20-21,28H,14-17H2,1-3H3,(H,27,31)(H,29,30)/t20-,21+/m0/s1. The molecule has 2 aromatic rings. The van der Waals surface area contributed by atoms with Gasteiger partial charge in [0.15, 0.2) is 0 Å². The van der Waals surface area contributed by atoms with Crippen LogP contribution in [0.15, 0.2) is 65.7 Å². The predicted octanol–water partition coefficient (Wildman–Crippen LogP) is 3.57. The molecule has 0 bridgehead atoms. The fraction of sp³-hybridized carbons (Fsp3) is 0.400. The van der Waals surface area contributed by atoms with Gasteiger partial charge in [0.05, 0.1) is 19.1 Å². The maximum Gasteiger partial charge on any atom is 0.408 e. The van der Waals surface area contributed by atoms with E-state index in [9.17, 15) is 19.8 Å². The number of benzene rings is 2. The number of nitrogens with zero attached hydrogens (tertiary/aromatic N) is 1. The van der Waals surface area contributed by atoms with Crippen molar-refractivity contribution in [1.29, 1.82) is 0 Å². The summed E-state index contributed by atoms with van der Waals surface area (Å²) in [4.78, 5) is 28.5. The second kappa shape index (κ2) is 12.6. The van der Waals surface area contributed by atoms with Crippen LogP contribution in [0.2, 0.25) is 0 Å². The average Bonchev–Trinajstić information content (AvgIpc) is 2.75. The number of carbonyl (C=O) groups is 2. The van der Waals surface area contributed by atoms with E-state index in [1.54, 1.807) is 20.8 Å². The van der Waals surface area contributed by atoms with Crippen molar-refractivity contribution >= 4 is 18.0 Å². The van der Waals surface area contributed by atoms with Crippen molar-refractivity contribution in [2.75, 3.05) is 6.61 Å². The Labute approximate surface area is 194 Å². The Morgan fingerprint density at radius 2 is 1.58 bits per heavy atom. The first kappa shape index (κ1) is 25.9. The fourth-order valence-electron chi connectivity index (χ4n) is 3.00. The number of ether oxygens (including phenoxy) is 2. The number of aliphatic hydroxyl groups is 1. The summed E-state index contributed by atoms with van der Waals surface area (Å²) >= 11 is 0. The fourth-order valence-corrected chi connectivity index (χ4v) is 3.00. The molecule has 0 spiro atoms. The summed E-state index contributed by atoms with van der Waals surface area (Å²) in [6, 6.07) is 17.1. The predicted molar refractivity (Wildman–Crippen MR) is 125 cm³/mol. The summed E-state index contributed by atoms with van der Waals surface area (Å²) in [7, 11) is 0. The number of nitrogens with one attached hydrogen (secondary N) is 1. The molecule has 178 valence electrons. The molecule has 2 aromatic carbocycles. The number of hydrogen-bond acceptors (Lipinski definition) is 6. The highest BCUT2D eigenvalue weighted by molar-refractivity contribution is 5.89. The molecule has 0 radical (unpaired) electrons. The molecule has 0 unspecified atom stereocenters. The number of aliphatic imine (C=N–C) groups is 1. The number of amides is 1. The molecule has 8 nitrogen and oxygen atoms in total. The minimum Gasteiger partial charge on any atom is -0.481 e. The van der Waals surface area contributed by atoms with E-state index in [1.165, 1.54) is 0 Å². The van der Waals surface area contributed by atoms with Crippen LogP contribution in [-0.2, 0) is 27.3 Å². The van der Waals surface area contributed by atoms with Crippen molar-refractivity contribution in [2.24, 2.45) is 4.99 Å². The molecular weight excluding hydrogens is 424 g/mol. The summed E-state index contributed by atoms with van der Waals surface area (Å²) in [5.74, 6) is -1.13. The topological polar surface area (TPSA) is 117 Å². The van der Waals surface area contributed by atoms with E-state index in [-0.39, 0.29) is 19.1 Å². The van der Waals surface area contributed by atoms with E-state index in [1.807, 2.05) is 60.7 Å².